The molecule has 184 valence electrons. The predicted octanol–water partition coefficient (Wildman–Crippen LogP) is 3.67. The van der Waals surface area contributed by atoms with E-state index in [9.17, 15) is 14.4 Å². The van der Waals surface area contributed by atoms with E-state index >= 15 is 0 Å². The molecule has 0 unspecified atom stereocenters. The first kappa shape index (κ1) is 25.5. The third kappa shape index (κ3) is 6.47. The maximum absolute atomic E-state index is 12.6. The van der Waals surface area contributed by atoms with Gasteiger partial charge in [-0.2, -0.15) is 0 Å². The van der Waals surface area contributed by atoms with E-state index < -0.39 is 17.9 Å². The summed E-state index contributed by atoms with van der Waals surface area (Å²) in [6.45, 7) is 4.53. The minimum Gasteiger partial charge on any atom is -0.497 e. The van der Waals surface area contributed by atoms with Crippen molar-refractivity contribution in [2.75, 3.05) is 38.8 Å². The molecule has 35 heavy (non-hydrogen) atoms. The van der Waals surface area contributed by atoms with E-state index in [4.69, 9.17) is 18.9 Å². The molecule has 1 heterocycles. The minimum atomic E-state index is -0.499. The normalized spacial score (nSPS) is 10.5. The summed E-state index contributed by atoms with van der Waals surface area (Å²) in [6.07, 6.45) is 2.05. The van der Waals surface area contributed by atoms with Gasteiger partial charge in [0.05, 0.1) is 49.1 Å². The minimum absolute atomic E-state index is 0.178. The van der Waals surface area contributed by atoms with Crippen LogP contribution in [0.3, 0.4) is 0 Å². The Hall–Kier alpha value is -4.14. The summed E-state index contributed by atoms with van der Waals surface area (Å²) in [5.74, 6) is -0.728. The van der Waals surface area contributed by atoms with Crippen LogP contribution in [0.4, 0.5) is 5.69 Å². The fraction of sp³-hybridized carbons (Fsp3) is 0.308. The van der Waals surface area contributed by atoms with E-state index in [1.807, 2.05) is 0 Å². The van der Waals surface area contributed by atoms with E-state index in [1.165, 1.54) is 0 Å². The first-order valence-electron chi connectivity index (χ1n) is 11.4. The topological polar surface area (TPSA) is 114 Å². The van der Waals surface area contributed by atoms with Crippen LogP contribution in [-0.2, 0) is 14.2 Å². The van der Waals surface area contributed by atoms with Gasteiger partial charge in [0.15, 0.2) is 6.20 Å². The first-order valence-corrected chi connectivity index (χ1v) is 11.4. The summed E-state index contributed by atoms with van der Waals surface area (Å²) >= 11 is 0. The molecule has 0 saturated carbocycles. The summed E-state index contributed by atoms with van der Waals surface area (Å²) in [6, 6.07) is 11.7. The zero-order valence-electron chi connectivity index (χ0n) is 20.0. The second-order valence-electron chi connectivity index (χ2n) is 7.42. The summed E-state index contributed by atoms with van der Waals surface area (Å²) in [4.78, 5) is 40.1. The third-order valence-electron chi connectivity index (χ3n) is 5.12. The Labute approximate surface area is 203 Å². The third-order valence-corrected chi connectivity index (χ3v) is 5.12. The Bertz CT molecular complexity index is 1190. The maximum atomic E-state index is 12.6. The van der Waals surface area contributed by atoms with E-state index in [2.05, 4.69) is 10.3 Å². The summed E-state index contributed by atoms with van der Waals surface area (Å²) in [5.41, 5.74) is 2.34. The number of hydrogen-bond acceptors (Lipinski definition) is 8. The van der Waals surface area contributed by atoms with E-state index in [0.29, 0.717) is 46.5 Å². The van der Waals surface area contributed by atoms with Crippen molar-refractivity contribution in [1.29, 1.82) is 0 Å². The molecule has 0 fully saturated rings. The van der Waals surface area contributed by atoms with Gasteiger partial charge in [0, 0.05) is 12.6 Å². The Morgan fingerprint density at radius 3 is 2.20 bits per heavy atom. The lowest BCUT2D eigenvalue weighted by Gasteiger charge is -2.13. The number of rotatable bonds is 11. The van der Waals surface area contributed by atoms with Crippen molar-refractivity contribution in [3.63, 3.8) is 0 Å². The van der Waals surface area contributed by atoms with Gasteiger partial charge in [0.1, 0.15) is 11.3 Å². The van der Waals surface area contributed by atoms with Gasteiger partial charge in [0.2, 0.25) is 5.52 Å². The molecule has 3 aromatic rings. The SMILES string of the molecule is CCOC(=O)c1ccc2[nH+]cc(C(=O)OCC)c(NCCCOC(=O)c3ccc(OC)cc3)c2c1. The second kappa shape index (κ2) is 12.4. The molecule has 0 aliphatic carbocycles. The Morgan fingerprint density at radius 1 is 0.857 bits per heavy atom. The number of methoxy groups -OCH3 is 1. The van der Waals surface area contributed by atoms with Crippen LogP contribution in [0.15, 0.2) is 48.7 Å². The lowest BCUT2D eigenvalue weighted by molar-refractivity contribution is -0.344. The van der Waals surface area contributed by atoms with Gasteiger partial charge < -0.3 is 24.3 Å². The highest BCUT2D eigenvalue weighted by Crippen LogP contribution is 2.26. The van der Waals surface area contributed by atoms with Crippen molar-refractivity contribution in [3.8, 4) is 5.75 Å². The lowest BCUT2D eigenvalue weighted by atomic mass is 10.1. The van der Waals surface area contributed by atoms with Crippen molar-refractivity contribution in [2.24, 2.45) is 0 Å². The fourth-order valence-corrected chi connectivity index (χ4v) is 3.41. The highest BCUT2D eigenvalue weighted by molar-refractivity contribution is 6.05. The predicted molar refractivity (Wildman–Crippen MR) is 129 cm³/mol. The number of aromatic amines is 1. The first-order chi connectivity index (χ1) is 17.0. The van der Waals surface area contributed by atoms with Gasteiger partial charge in [-0.15, -0.1) is 0 Å². The second-order valence-corrected chi connectivity index (χ2v) is 7.42. The number of anilines is 1. The smallest absolute Gasteiger partial charge is 0.346 e. The molecule has 0 atom stereocenters. The number of nitrogens with one attached hydrogen (secondary N) is 2. The fourth-order valence-electron chi connectivity index (χ4n) is 3.41. The zero-order valence-corrected chi connectivity index (χ0v) is 20.0. The van der Waals surface area contributed by atoms with Crippen molar-refractivity contribution >= 4 is 34.5 Å². The van der Waals surface area contributed by atoms with Crippen molar-refractivity contribution in [3.05, 3.63) is 65.4 Å². The van der Waals surface area contributed by atoms with Gasteiger partial charge in [0.25, 0.3) is 0 Å². The largest absolute Gasteiger partial charge is 0.497 e. The molecule has 2 N–H and O–H groups in total. The molecule has 0 radical (unpaired) electrons. The molecule has 0 bridgehead atoms. The number of ether oxygens (including phenoxy) is 4. The van der Waals surface area contributed by atoms with Crippen LogP contribution in [0.25, 0.3) is 10.9 Å². The van der Waals surface area contributed by atoms with Crippen molar-refractivity contribution < 1.29 is 38.3 Å². The van der Waals surface area contributed by atoms with Crippen molar-refractivity contribution in [1.82, 2.24) is 0 Å². The standard InChI is InChI=1S/C26H28N2O7/c1-4-33-25(30)18-9-12-22-20(15-18)23(21(16-28-22)26(31)34-5-2)27-13-6-14-35-24(29)17-7-10-19(32-3)11-8-17/h7-12,15-16H,4-6,13-14H2,1-3H3,(H,27,28)/p+1. The number of fused-ring (bicyclic) bond motifs is 1. The molecular formula is C26H29N2O7+. The number of esters is 3. The zero-order chi connectivity index (χ0) is 25.2. The Morgan fingerprint density at radius 2 is 1.51 bits per heavy atom. The lowest BCUT2D eigenvalue weighted by Crippen LogP contribution is -2.18. The molecule has 0 spiro atoms. The monoisotopic (exact) mass is 481 g/mol. The van der Waals surface area contributed by atoms with Gasteiger partial charge in [-0.25, -0.2) is 19.4 Å². The summed E-state index contributed by atoms with van der Waals surface area (Å²) in [7, 11) is 1.55. The number of carbonyl (C=O) groups is 3. The van der Waals surface area contributed by atoms with E-state index in [1.54, 1.807) is 69.6 Å². The molecule has 0 amide bonds. The van der Waals surface area contributed by atoms with Gasteiger partial charge in [-0.3, -0.25) is 0 Å². The Balaban J connectivity index is 1.72. The molecular weight excluding hydrogens is 452 g/mol. The molecule has 1 aromatic heterocycles. The van der Waals surface area contributed by atoms with Crippen LogP contribution < -0.4 is 15.0 Å². The maximum Gasteiger partial charge on any atom is 0.346 e. The molecule has 9 heteroatoms. The number of aromatic nitrogens is 1. The number of benzene rings is 2. The van der Waals surface area contributed by atoms with Crippen LogP contribution in [0, 0.1) is 0 Å². The number of pyridine rings is 1. The van der Waals surface area contributed by atoms with Gasteiger partial charge in [-0.1, -0.05) is 0 Å². The van der Waals surface area contributed by atoms with Crippen LogP contribution >= 0.6 is 0 Å². The molecule has 2 aromatic carbocycles. The number of H-pyrrole nitrogens is 1. The quantitative estimate of drug-likeness (QED) is 0.251. The molecule has 0 saturated heterocycles. The molecule has 3 rings (SSSR count). The van der Waals surface area contributed by atoms with Crippen LogP contribution in [0.1, 0.15) is 51.3 Å². The van der Waals surface area contributed by atoms with Crippen LogP contribution in [0.2, 0.25) is 0 Å². The summed E-state index contributed by atoms with van der Waals surface area (Å²) in [5, 5.41) is 3.88. The van der Waals surface area contributed by atoms with Crippen LogP contribution in [0.5, 0.6) is 5.75 Å². The van der Waals surface area contributed by atoms with E-state index in [0.717, 1.165) is 5.52 Å². The van der Waals surface area contributed by atoms with E-state index in [-0.39, 0.29) is 19.8 Å². The van der Waals surface area contributed by atoms with Crippen molar-refractivity contribution in [2.45, 2.75) is 20.3 Å². The average molecular weight is 482 g/mol. The summed E-state index contributed by atoms with van der Waals surface area (Å²) < 4.78 is 20.7. The Kier molecular flexibility index (Phi) is 9.00. The number of carbonyl (C=O) groups excluding carboxylic acids is 3. The van der Waals surface area contributed by atoms with Gasteiger partial charge >= 0.3 is 17.9 Å². The van der Waals surface area contributed by atoms with Crippen LogP contribution in [-0.4, -0.2) is 51.4 Å². The van der Waals surface area contributed by atoms with Gasteiger partial charge in [-0.05, 0) is 56.7 Å². The molecule has 0 aliphatic heterocycles. The highest BCUT2D eigenvalue weighted by atomic mass is 16.5. The number of hydrogen-bond donors (Lipinski definition) is 1. The average Bonchev–Trinajstić information content (AvgIpc) is 2.88. The highest BCUT2D eigenvalue weighted by Gasteiger charge is 2.21. The molecule has 9 nitrogen and oxygen atoms in total. The molecule has 0 aliphatic rings.